The van der Waals surface area contributed by atoms with Crippen molar-refractivity contribution in [3.63, 3.8) is 0 Å². The van der Waals surface area contributed by atoms with E-state index in [1.807, 2.05) is 12.1 Å². The Labute approximate surface area is 101 Å². The molecule has 0 spiro atoms. The number of methoxy groups -OCH3 is 1. The van der Waals surface area contributed by atoms with E-state index in [0.29, 0.717) is 0 Å². The minimum absolute atomic E-state index is 0.915. The molecule has 0 aromatic heterocycles. The summed E-state index contributed by atoms with van der Waals surface area (Å²) < 4.78 is 5.03. The van der Waals surface area contributed by atoms with E-state index in [4.69, 9.17) is 24.1 Å². The fourth-order valence-corrected chi connectivity index (χ4v) is 0.996. The zero-order chi connectivity index (χ0) is 10.8. The molecule has 0 saturated carbocycles. The van der Waals surface area contributed by atoms with Gasteiger partial charge in [-0.2, -0.15) is 0 Å². The van der Waals surface area contributed by atoms with Crippen molar-refractivity contribution in [1.29, 1.82) is 0 Å². The number of halogens is 2. The van der Waals surface area contributed by atoms with Crippen molar-refractivity contribution in [2.45, 2.75) is 12.8 Å². The molecule has 1 radical (unpaired) electrons. The van der Waals surface area contributed by atoms with E-state index in [1.54, 1.807) is 7.11 Å². The average molecular weight is 286 g/mol. The van der Waals surface area contributed by atoms with E-state index in [2.05, 4.69) is 19.1 Å². The normalized spacial score (nSPS) is 8.29. The maximum atomic E-state index is 5.03. The zero-order valence-corrected chi connectivity index (χ0v) is 12.8. The van der Waals surface area contributed by atoms with Crippen LogP contribution in [0.3, 0.4) is 0 Å². The molecule has 0 bridgehead atoms. The SMILES string of the molecule is [CH2]CCc1ccc(OC)cc1.[Cl][Zn][Cl]. The molecule has 1 nitrogen and oxygen atoms in total. The Hall–Kier alpha value is 0.223. The summed E-state index contributed by atoms with van der Waals surface area (Å²) in [6, 6.07) is 8.10. The number of rotatable bonds is 3. The van der Waals surface area contributed by atoms with Crippen LogP contribution in [0.5, 0.6) is 5.75 Å². The number of benzene rings is 1. The first kappa shape index (κ1) is 14.2. The molecule has 0 aliphatic heterocycles. The van der Waals surface area contributed by atoms with Crippen molar-refractivity contribution >= 4 is 19.4 Å². The molecular weight excluding hydrogens is 272 g/mol. The van der Waals surface area contributed by atoms with Gasteiger partial charge in [0.2, 0.25) is 0 Å². The molecule has 1 aromatic rings. The van der Waals surface area contributed by atoms with Crippen LogP contribution >= 0.6 is 19.4 Å². The molecule has 4 heteroatoms. The van der Waals surface area contributed by atoms with Gasteiger partial charge < -0.3 is 4.74 Å². The molecule has 0 saturated heterocycles. The minimum atomic E-state index is -0.931. The molecule has 1 rings (SSSR count). The van der Waals surface area contributed by atoms with E-state index >= 15 is 0 Å². The molecule has 0 amide bonds. The Morgan fingerprint density at radius 1 is 1.29 bits per heavy atom. The Morgan fingerprint density at radius 2 is 1.79 bits per heavy atom. The van der Waals surface area contributed by atoms with Gasteiger partial charge in [0.15, 0.2) is 0 Å². The van der Waals surface area contributed by atoms with Gasteiger partial charge in [0.05, 0.1) is 7.11 Å². The molecule has 0 heterocycles. The standard InChI is InChI=1S/C10H13O.2ClH.Zn/c1-3-4-9-5-7-10(11-2)8-6-9;;;/h5-8H,1,3-4H2,2H3;2*1H;/q;;;+2/p-2. The monoisotopic (exact) mass is 283 g/mol. The number of aryl methyl sites for hydroxylation is 1. The van der Waals surface area contributed by atoms with Crippen molar-refractivity contribution in [2.24, 2.45) is 0 Å². The topological polar surface area (TPSA) is 9.23 Å². The van der Waals surface area contributed by atoms with Gasteiger partial charge in [-0.1, -0.05) is 19.1 Å². The van der Waals surface area contributed by atoms with Gasteiger partial charge in [-0.3, -0.25) is 0 Å². The van der Waals surface area contributed by atoms with Gasteiger partial charge in [0.25, 0.3) is 0 Å². The van der Waals surface area contributed by atoms with Crippen LogP contribution in [0.1, 0.15) is 12.0 Å². The van der Waals surface area contributed by atoms with E-state index in [-0.39, 0.29) is 0 Å². The van der Waals surface area contributed by atoms with Gasteiger partial charge >= 0.3 is 34.5 Å². The van der Waals surface area contributed by atoms with Crippen LogP contribution in [-0.2, 0) is 21.6 Å². The summed E-state index contributed by atoms with van der Waals surface area (Å²) in [7, 11) is 11.6. The van der Waals surface area contributed by atoms with Gasteiger partial charge in [-0.05, 0) is 30.5 Å². The predicted molar refractivity (Wildman–Crippen MR) is 58.4 cm³/mol. The van der Waals surface area contributed by atoms with Crippen molar-refractivity contribution in [3.05, 3.63) is 36.8 Å². The summed E-state index contributed by atoms with van der Waals surface area (Å²) in [4.78, 5) is 0. The van der Waals surface area contributed by atoms with E-state index < -0.39 is 15.1 Å². The molecule has 0 aliphatic rings. The fraction of sp³-hybridized carbons (Fsp3) is 0.300. The van der Waals surface area contributed by atoms with Crippen molar-refractivity contribution in [1.82, 2.24) is 0 Å². The van der Waals surface area contributed by atoms with E-state index in [0.717, 1.165) is 18.6 Å². The third-order valence-electron chi connectivity index (χ3n) is 1.62. The average Bonchev–Trinajstić information content (AvgIpc) is 2.21. The molecule has 0 N–H and O–H groups in total. The molecule has 0 unspecified atom stereocenters. The van der Waals surface area contributed by atoms with Gasteiger partial charge in [0.1, 0.15) is 5.75 Å². The van der Waals surface area contributed by atoms with Crippen molar-refractivity contribution < 1.29 is 19.9 Å². The molecule has 1 aromatic carbocycles. The second-order valence-electron chi connectivity index (χ2n) is 2.55. The predicted octanol–water partition coefficient (Wildman–Crippen LogP) is 3.84. The third-order valence-corrected chi connectivity index (χ3v) is 1.62. The van der Waals surface area contributed by atoms with Crippen LogP contribution in [0.25, 0.3) is 0 Å². The van der Waals surface area contributed by atoms with Crippen molar-refractivity contribution in [3.8, 4) is 5.75 Å². The molecule has 0 aliphatic carbocycles. The number of hydrogen-bond donors (Lipinski definition) is 0. The second-order valence-corrected chi connectivity index (χ2v) is 7.18. The van der Waals surface area contributed by atoms with Crippen LogP contribution in [0.2, 0.25) is 0 Å². The first-order valence-corrected chi connectivity index (χ1v) is 12.1. The quantitative estimate of drug-likeness (QED) is 0.767. The maximum absolute atomic E-state index is 5.03. The van der Waals surface area contributed by atoms with Gasteiger partial charge in [-0.25, -0.2) is 0 Å². The van der Waals surface area contributed by atoms with Crippen LogP contribution < -0.4 is 4.74 Å². The van der Waals surface area contributed by atoms with Crippen LogP contribution in [0, 0.1) is 6.92 Å². The Balaban J connectivity index is 0.000000500. The van der Waals surface area contributed by atoms with E-state index in [1.165, 1.54) is 5.56 Å². The second kappa shape index (κ2) is 9.77. The van der Waals surface area contributed by atoms with E-state index in [9.17, 15) is 0 Å². The molecule has 14 heavy (non-hydrogen) atoms. The summed E-state index contributed by atoms with van der Waals surface area (Å²) in [5.74, 6) is 0.915. The van der Waals surface area contributed by atoms with Crippen LogP contribution in [0.4, 0.5) is 0 Å². The third kappa shape index (κ3) is 6.64. The summed E-state index contributed by atoms with van der Waals surface area (Å²) in [6.45, 7) is 3.79. The molecular formula is C10H13Cl2OZn. The number of hydrogen-bond acceptors (Lipinski definition) is 1. The fourth-order valence-electron chi connectivity index (χ4n) is 0.996. The first-order chi connectivity index (χ1) is 6.78. The van der Waals surface area contributed by atoms with Gasteiger partial charge in [-0.15, -0.1) is 0 Å². The number of ether oxygens (including phenoxy) is 1. The van der Waals surface area contributed by atoms with Crippen LogP contribution in [-0.4, -0.2) is 7.11 Å². The Morgan fingerprint density at radius 3 is 2.14 bits per heavy atom. The van der Waals surface area contributed by atoms with Crippen molar-refractivity contribution in [2.75, 3.05) is 7.11 Å². The summed E-state index contributed by atoms with van der Waals surface area (Å²) in [5, 5.41) is 0. The Kier molecular flexibility index (Phi) is 9.92. The molecule has 0 fully saturated rings. The van der Waals surface area contributed by atoms with Gasteiger partial charge in [0, 0.05) is 0 Å². The summed E-state index contributed by atoms with van der Waals surface area (Å²) in [6.07, 6.45) is 2.00. The molecule has 0 atom stereocenters. The zero-order valence-electron chi connectivity index (χ0n) is 8.30. The van der Waals surface area contributed by atoms with Crippen LogP contribution in [0.15, 0.2) is 24.3 Å². The summed E-state index contributed by atoms with van der Waals surface area (Å²) in [5.41, 5.74) is 1.32. The summed E-state index contributed by atoms with van der Waals surface area (Å²) >= 11 is -0.931. The Bertz CT molecular complexity index is 226. The first-order valence-electron chi connectivity index (χ1n) is 4.32. The molecule has 75 valence electrons.